The second-order valence-corrected chi connectivity index (χ2v) is 8.23. The third-order valence-electron chi connectivity index (χ3n) is 4.29. The fourth-order valence-corrected chi connectivity index (χ4v) is 2.89. The van der Waals surface area contributed by atoms with E-state index in [4.69, 9.17) is 0 Å². The molecule has 0 fully saturated rings. The monoisotopic (exact) mass is 325 g/mol. The van der Waals surface area contributed by atoms with Crippen molar-refractivity contribution in [2.45, 2.75) is 47.5 Å². The minimum absolute atomic E-state index is 0.292. The second kappa shape index (κ2) is 8.27. The van der Waals surface area contributed by atoms with E-state index in [2.05, 4.69) is 74.2 Å². The van der Waals surface area contributed by atoms with E-state index in [-0.39, 0.29) is 0 Å². The van der Waals surface area contributed by atoms with Crippen LogP contribution in [0.15, 0.2) is 42.9 Å². The lowest BCUT2D eigenvalue weighted by molar-refractivity contribution is 0.400. The quantitative estimate of drug-likeness (QED) is 0.779. The van der Waals surface area contributed by atoms with Crippen molar-refractivity contribution < 1.29 is 0 Å². The van der Waals surface area contributed by atoms with Gasteiger partial charge >= 0.3 is 0 Å². The van der Waals surface area contributed by atoms with Gasteiger partial charge < -0.3 is 5.32 Å². The third-order valence-corrected chi connectivity index (χ3v) is 4.29. The summed E-state index contributed by atoms with van der Waals surface area (Å²) in [4.78, 5) is 8.59. The van der Waals surface area contributed by atoms with Crippen LogP contribution in [0, 0.1) is 17.3 Å². The number of nitrogens with zero attached hydrogens (tertiary/aromatic N) is 2. The number of rotatable bonds is 7. The fraction of sp³-hybridized carbons (Fsp3) is 0.524. The van der Waals surface area contributed by atoms with Crippen LogP contribution in [0.5, 0.6) is 0 Å². The molecular formula is C21H31N3. The molecule has 0 saturated carbocycles. The first kappa shape index (κ1) is 18.4. The highest BCUT2D eigenvalue weighted by Gasteiger charge is 2.15. The Balaban J connectivity index is 1.98. The highest BCUT2D eigenvalue weighted by molar-refractivity contribution is 5.38. The van der Waals surface area contributed by atoms with Crippen molar-refractivity contribution in [3.63, 3.8) is 0 Å². The molecule has 0 aromatic carbocycles. The summed E-state index contributed by atoms with van der Waals surface area (Å²) in [5.74, 6) is 2.17. The maximum absolute atomic E-state index is 4.49. The third kappa shape index (κ3) is 6.31. The molecule has 1 N–H and O–H groups in total. The predicted octanol–water partition coefficient (Wildman–Crippen LogP) is 4.99. The van der Waals surface area contributed by atoms with E-state index >= 15 is 0 Å². The number of nitrogens with one attached hydrogen (secondary N) is 1. The molecule has 0 aliphatic carbocycles. The number of anilines is 1. The van der Waals surface area contributed by atoms with Gasteiger partial charge in [0.1, 0.15) is 5.82 Å². The maximum atomic E-state index is 4.49. The number of hydrogen-bond donors (Lipinski definition) is 1. The topological polar surface area (TPSA) is 37.8 Å². The number of aromatic nitrogens is 2. The summed E-state index contributed by atoms with van der Waals surface area (Å²) >= 11 is 0. The van der Waals surface area contributed by atoms with E-state index in [0.29, 0.717) is 17.3 Å². The standard InChI is InChI=1S/C21H31N3/c1-16(2)19(12-17-6-9-22-10-7-17)15-24-20-13-18(8-11-23-20)14-21(3,4)5/h6-11,13,16,19H,12,14-15H2,1-5H3,(H,23,24)/t19-/m0/s1. The van der Waals surface area contributed by atoms with Gasteiger partial charge in [-0.3, -0.25) is 4.98 Å². The molecule has 1 atom stereocenters. The van der Waals surface area contributed by atoms with Gasteiger partial charge in [-0.2, -0.15) is 0 Å². The zero-order valence-corrected chi connectivity index (χ0v) is 15.7. The minimum Gasteiger partial charge on any atom is -0.370 e. The lowest BCUT2D eigenvalue weighted by atomic mass is 9.88. The van der Waals surface area contributed by atoms with E-state index in [9.17, 15) is 0 Å². The highest BCUT2D eigenvalue weighted by atomic mass is 15.0. The molecule has 3 heteroatoms. The van der Waals surface area contributed by atoms with Crippen LogP contribution in [0.3, 0.4) is 0 Å². The Morgan fingerprint density at radius 3 is 2.29 bits per heavy atom. The van der Waals surface area contributed by atoms with Gasteiger partial charge in [0.05, 0.1) is 0 Å². The lowest BCUT2D eigenvalue weighted by Crippen LogP contribution is -2.22. The SMILES string of the molecule is CC(C)[C@H](CNc1cc(CC(C)(C)C)ccn1)Cc1ccncc1. The first-order valence-corrected chi connectivity index (χ1v) is 8.91. The van der Waals surface area contributed by atoms with Crippen molar-refractivity contribution in [3.8, 4) is 0 Å². The van der Waals surface area contributed by atoms with Crippen LogP contribution in [0.1, 0.15) is 45.7 Å². The Bertz CT molecular complexity index is 614. The van der Waals surface area contributed by atoms with Gasteiger partial charge in [-0.15, -0.1) is 0 Å². The Morgan fingerprint density at radius 1 is 1.00 bits per heavy atom. The van der Waals surface area contributed by atoms with Crippen LogP contribution in [-0.2, 0) is 12.8 Å². The fourth-order valence-electron chi connectivity index (χ4n) is 2.89. The number of pyridine rings is 2. The van der Waals surface area contributed by atoms with Gasteiger partial charge in [0.15, 0.2) is 0 Å². The van der Waals surface area contributed by atoms with Crippen LogP contribution in [0.4, 0.5) is 5.82 Å². The summed E-state index contributed by atoms with van der Waals surface area (Å²) in [5, 5.41) is 3.55. The molecule has 0 aliphatic rings. The molecule has 2 aromatic rings. The molecule has 0 amide bonds. The second-order valence-electron chi connectivity index (χ2n) is 8.23. The molecule has 0 aliphatic heterocycles. The first-order chi connectivity index (χ1) is 11.3. The molecule has 2 rings (SSSR count). The zero-order chi connectivity index (χ0) is 17.6. The molecular weight excluding hydrogens is 294 g/mol. The van der Waals surface area contributed by atoms with Crippen molar-refractivity contribution in [2.75, 3.05) is 11.9 Å². The van der Waals surface area contributed by atoms with Crippen molar-refractivity contribution in [1.82, 2.24) is 9.97 Å². The Labute approximate surface area is 146 Å². The molecule has 0 radical (unpaired) electrons. The molecule has 0 bridgehead atoms. The van der Waals surface area contributed by atoms with Gasteiger partial charge in [0.2, 0.25) is 0 Å². The van der Waals surface area contributed by atoms with Crippen LogP contribution < -0.4 is 5.32 Å². The zero-order valence-electron chi connectivity index (χ0n) is 15.7. The summed E-state index contributed by atoms with van der Waals surface area (Å²) in [6.45, 7) is 12.3. The minimum atomic E-state index is 0.292. The van der Waals surface area contributed by atoms with E-state index < -0.39 is 0 Å². The van der Waals surface area contributed by atoms with Crippen LogP contribution in [0.2, 0.25) is 0 Å². The molecule has 0 spiro atoms. The van der Waals surface area contributed by atoms with E-state index in [1.165, 1.54) is 11.1 Å². The average molecular weight is 326 g/mol. The molecule has 24 heavy (non-hydrogen) atoms. The molecule has 2 aromatic heterocycles. The summed E-state index contributed by atoms with van der Waals surface area (Å²) < 4.78 is 0. The Hall–Kier alpha value is -1.90. The summed E-state index contributed by atoms with van der Waals surface area (Å²) in [6, 6.07) is 8.53. The Morgan fingerprint density at radius 2 is 1.67 bits per heavy atom. The average Bonchev–Trinajstić information content (AvgIpc) is 2.51. The Kier molecular flexibility index (Phi) is 6.36. The van der Waals surface area contributed by atoms with Crippen LogP contribution in [0.25, 0.3) is 0 Å². The summed E-state index contributed by atoms with van der Waals surface area (Å²) in [5.41, 5.74) is 2.98. The smallest absolute Gasteiger partial charge is 0.126 e. The van der Waals surface area contributed by atoms with E-state index in [0.717, 1.165) is 25.2 Å². The molecule has 0 unspecified atom stereocenters. The molecule has 130 valence electrons. The molecule has 2 heterocycles. The van der Waals surface area contributed by atoms with Crippen LogP contribution >= 0.6 is 0 Å². The predicted molar refractivity (Wildman–Crippen MR) is 102 cm³/mol. The van der Waals surface area contributed by atoms with Gasteiger partial charge in [-0.05, 0) is 65.5 Å². The maximum Gasteiger partial charge on any atom is 0.126 e. The van der Waals surface area contributed by atoms with Crippen LogP contribution in [-0.4, -0.2) is 16.5 Å². The van der Waals surface area contributed by atoms with Crippen molar-refractivity contribution >= 4 is 5.82 Å². The van der Waals surface area contributed by atoms with E-state index in [1.807, 2.05) is 18.6 Å². The lowest BCUT2D eigenvalue weighted by Gasteiger charge is -2.22. The largest absolute Gasteiger partial charge is 0.370 e. The molecule has 3 nitrogen and oxygen atoms in total. The molecule has 0 saturated heterocycles. The van der Waals surface area contributed by atoms with E-state index in [1.54, 1.807) is 0 Å². The normalized spacial score (nSPS) is 13.1. The van der Waals surface area contributed by atoms with Gasteiger partial charge in [-0.1, -0.05) is 34.6 Å². The van der Waals surface area contributed by atoms with Gasteiger partial charge in [-0.25, -0.2) is 4.98 Å². The summed E-state index contributed by atoms with van der Waals surface area (Å²) in [7, 11) is 0. The van der Waals surface area contributed by atoms with Crippen molar-refractivity contribution in [1.29, 1.82) is 0 Å². The van der Waals surface area contributed by atoms with Crippen molar-refractivity contribution in [3.05, 3.63) is 54.0 Å². The highest BCUT2D eigenvalue weighted by Crippen LogP contribution is 2.22. The van der Waals surface area contributed by atoms with Gasteiger partial charge in [0.25, 0.3) is 0 Å². The number of hydrogen-bond acceptors (Lipinski definition) is 3. The first-order valence-electron chi connectivity index (χ1n) is 8.91. The van der Waals surface area contributed by atoms with Gasteiger partial charge in [0, 0.05) is 25.1 Å². The van der Waals surface area contributed by atoms with Crippen molar-refractivity contribution in [2.24, 2.45) is 17.3 Å². The summed E-state index contributed by atoms with van der Waals surface area (Å²) in [6.07, 6.45) is 7.79.